The average molecular weight is 506 g/mol. The van der Waals surface area contributed by atoms with Gasteiger partial charge in [-0.3, -0.25) is 10.1 Å². The van der Waals surface area contributed by atoms with Gasteiger partial charge in [0.05, 0.1) is 5.56 Å². The number of carbonyl (C=O) groups excluding carboxylic acids is 1. The molecule has 170 valence electrons. The first-order valence-corrected chi connectivity index (χ1v) is 10.3. The quantitative estimate of drug-likeness (QED) is 0.530. The number of alkyl halides is 3. The van der Waals surface area contributed by atoms with Gasteiger partial charge in [0.25, 0.3) is 5.91 Å². The summed E-state index contributed by atoms with van der Waals surface area (Å²) in [6.07, 6.45) is -3.05. The van der Waals surface area contributed by atoms with E-state index >= 15 is 0 Å². The standard InChI is InChI=1S/C19H15ClF3N5O2S.ClH/c20-14-6-13(19(21,22)23)8-25-17(14)30-9-15-27-28-18(31-15)26-16(29)11-1-2-12-7-24-4-3-10(12)5-11;/h1-2,5-6,8,24H,3-4,7,9H2,(H,26,28,29);1H. The van der Waals surface area contributed by atoms with Gasteiger partial charge in [-0.2, -0.15) is 13.2 Å². The second kappa shape index (κ2) is 9.99. The van der Waals surface area contributed by atoms with Gasteiger partial charge in [-0.1, -0.05) is 29.0 Å². The summed E-state index contributed by atoms with van der Waals surface area (Å²) in [7, 11) is 0. The Bertz CT molecular complexity index is 1130. The summed E-state index contributed by atoms with van der Waals surface area (Å²) in [4.78, 5) is 16.1. The smallest absolute Gasteiger partial charge is 0.417 e. The molecule has 0 spiro atoms. The largest absolute Gasteiger partial charge is 0.469 e. The highest BCUT2D eigenvalue weighted by Crippen LogP contribution is 2.33. The second-order valence-corrected chi connectivity index (χ2v) is 8.13. The first-order chi connectivity index (χ1) is 14.8. The minimum absolute atomic E-state index is 0. The van der Waals surface area contributed by atoms with Crippen LogP contribution in [0.2, 0.25) is 5.02 Å². The van der Waals surface area contributed by atoms with Crippen molar-refractivity contribution in [3.8, 4) is 5.88 Å². The number of hydrogen-bond donors (Lipinski definition) is 2. The zero-order valence-electron chi connectivity index (χ0n) is 16.2. The number of benzene rings is 1. The predicted molar refractivity (Wildman–Crippen MR) is 116 cm³/mol. The van der Waals surface area contributed by atoms with E-state index in [4.69, 9.17) is 16.3 Å². The monoisotopic (exact) mass is 505 g/mol. The minimum Gasteiger partial charge on any atom is -0.469 e. The summed E-state index contributed by atoms with van der Waals surface area (Å²) < 4.78 is 43.3. The fourth-order valence-electron chi connectivity index (χ4n) is 2.97. The van der Waals surface area contributed by atoms with Crippen molar-refractivity contribution < 1.29 is 22.7 Å². The molecule has 0 bridgehead atoms. The van der Waals surface area contributed by atoms with Gasteiger partial charge >= 0.3 is 6.18 Å². The summed E-state index contributed by atoms with van der Waals surface area (Å²) in [5.74, 6) is -0.462. The highest BCUT2D eigenvalue weighted by molar-refractivity contribution is 7.15. The average Bonchev–Trinajstić information content (AvgIpc) is 3.19. The van der Waals surface area contributed by atoms with Gasteiger partial charge in [-0.05, 0) is 42.3 Å². The number of nitrogens with zero attached hydrogens (tertiary/aromatic N) is 3. The first kappa shape index (κ1) is 24.2. The van der Waals surface area contributed by atoms with Crippen molar-refractivity contribution in [1.29, 1.82) is 0 Å². The second-order valence-electron chi connectivity index (χ2n) is 6.66. The molecule has 2 N–H and O–H groups in total. The Morgan fingerprint density at radius 1 is 1.25 bits per heavy atom. The van der Waals surface area contributed by atoms with Crippen LogP contribution >= 0.6 is 35.3 Å². The number of amides is 1. The molecule has 0 fully saturated rings. The minimum atomic E-state index is -4.55. The van der Waals surface area contributed by atoms with Crippen molar-refractivity contribution in [3.05, 3.63) is 62.7 Å². The number of nitrogens with one attached hydrogen (secondary N) is 2. The fraction of sp³-hybridized carbons (Fsp3) is 0.263. The summed E-state index contributed by atoms with van der Waals surface area (Å²) in [5.41, 5.74) is 1.87. The molecule has 1 amide bonds. The molecule has 0 radical (unpaired) electrons. The molecule has 13 heteroatoms. The van der Waals surface area contributed by atoms with E-state index in [0.29, 0.717) is 16.8 Å². The molecular weight excluding hydrogens is 490 g/mol. The van der Waals surface area contributed by atoms with Crippen LogP contribution in [0.4, 0.5) is 18.3 Å². The van der Waals surface area contributed by atoms with Gasteiger partial charge in [0.1, 0.15) is 11.6 Å². The van der Waals surface area contributed by atoms with Gasteiger partial charge in [0.2, 0.25) is 11.0 Å². The third-order valence-electron chi connectivity index (χ3n) is 4.51. The Balaban J connectivity index is 0.00000289. The van der Waals surface area contributed by atoms with Gasteiger partial charge in [-0.25, -0.2) is 4.98 Å². The summed E-state index contributed by atoms with van der Waals surface area (Å²) in [6.45, 7) is 1.54. The van der Waals surface area contributed by atoms with E-state index in [1.54, 1.807) is 6.07 Å². The third kappa shape index (κ3) is 5.66. The maximum Gasteiger partial charge on any atom is 0.417 e. The van der Waals surface area contributed by atoms with Crippen LogP contribution in [0.15, 0.2) is 30.5 Å². The van der Waals surface area contributed by atoms with Crippen molar-refractivity contribution in [3.63, 3.8) is 0 Å². The molecule has 0 saturated heterocycles. The van der Waals surface area contributed by atoms with Gasteiger partial charge < -0.3 is 10.1 Å². The maximum absolute atomic E-state index is 12.7. The third-order valence-corrected chi connectivity index (χ3v) is 5.59. The number of pyridine rings is 1. The molecule has 2 aromatic heterocycles. The van der Waals surface area contributed by atoms with Crippen LogP contribution in [0.5, 0.6) is 5.88 Å². The number of rotatable bonds is 5. The Morgan fingerprint density at radius 3 is 2.81 bits per heavy atom. The number of halogens is 5. The lowest BCUT2D eigenvalue weighted by Crippen LogP contribution is -2.24. The number of carbonyl (C=O) groups is 1. The van der Waals surface area contributed by atoms with Crippen LogP contribution in [-0.2, 0) is 25.7 Å². The Morgan fingerprint density at radius 2 is 2.06 bits per heavy atom. The van der Waals surface area contributed by atoms with E-state index in [2.05, 4.69) is 25.8 Å². The highest BCUT2D eigenvalue weighted by Gasteiger charge is 2.31. The van der Waals surface area contributed by atoms with Crippen LogP contribution < -0.4 is 15.4 Å². The molecule has 3 aromatic rings. The van der Waals surface area contributed by atoms with E-state index in [1.165, 1.54) is 5.56 Å². The topological polar surface area (TPSA) is 89.0 Å². The fourth-order valence-corrected chi connectivity index (χ4v) is 3.84. The molecule has 0 saturated carbocycles. The molecule has 1 aliphatic heterocycles. The summed E-state index contributed by atoms with van der Waals surface area (Å²) in [5, 5.41) is 14.2. The molecule has 32 heavy (non-hydrogen) atoms. The Kier molecular flexibility index (Phi) is 7.55. The number of hydrogen-bond acceptors (Lipinski definition) is 7. The molecule has 0 unspecified atom stereocenters. The number of aromatic nitrogens is 3. The zero-order valence-corrected chi connectivity index (χ0v) is 18.6. The molecule has 4 rings (SSSR count). The maximum atomic E-state index is 12.7. The van der Waals surface area contributed by atoms with Gasteiger partial charge in [0, 0.05) is 18.3 Å². The Labute approximate surface area is 195 Å². The van der Waals surface area contributed by atoms with Crippen LogP contribution in [0, 0.1) is 0 Å². The van der Waals surface area contributed by atoms with Gasteiger partial charge in [0.15, 0.2) is 5.01 Å². The summed E-state index contributed by atoms with van der Waals surface area (Å²) >= 11 is 6.89. The van der Waals surface area contributed by atoms with E-state index in [1.807, 2.05) is 12.1 Å². The van der Waals surface area contributed by atoms with Crippen LogP contribution in [0.1, 0.15) is 32.1 Å². The van der Waals surface area contributed by atoms with Crippen molar-refractivity contribution in [2.45, 2.75) is 25.7 Å². The SMILES string of the molecule is Cl.O=C(Nc1nnc(COc2ncc(C(F)(F)F)cc2Cl)s1)c1ccc2c(c1)CCNC2. The zero-order chi connectivity index (χ0) is 22.0. The lowest BCUT2D eigenvalue weighted by molar-refractivity contribution is -0.137. The highest BCUT2D eigenvalue weighted by atomic mass is 35.5. The molecule has 0 aliphatic carbocycles. The predicted octanol–water partition coefficient (Wildman–Crippen LogP) is 4.50. The molecule has 0 atom stereocenters. The van der Waals surface area contributed by atoms with Crippen LogP contribution in [0.25, 0.3) is 0 Å². The van der Waals surface area contributed by atoms with E-state index < -0.39 is 11.7 Å². The lowest BCUT2D eigenvalue weighted by Gasteiger charge is -2.17. The van der Waals surface area contributed by atoms with Crippen molar-refractivity contribution >= 4 is 46.4 Å². The summed E-state index contributed by atoms with van der Waals surface area (Å²) in [6, 6.07) is 6.29. The van der Waals surface area contributed by atoms with Gasteiger partial charge in [-0.15, -0.1) is 22.6 Å². The first-order valence-electron chi connectivity index (χ1n) is 9.11. The van der Waals surface area contributed by atoms with Crippen molar-refractivity contribution in [2.24, 2.45) is 0 Å². The lowest BCUT2D eigenvalue weighted by atomic mass is 9.98. The molecule has 1 aromatic carbocycles. The molecule has 1 aliphatic rings. The van der Waals surface area contributed by atoms with Crippen molar-refractivity contribution in [2.75, 3.05) is 11.9 Å². The van der Waals surface area contributed by atoms with Crippen LogP contribution in [0.3, 0.4) is 0 Å². The Hall–Kier alpha value is -2.47. The number of fused-ring (bicyclic) bond motifs is 1. The number of anilines is 1. The molecular formula is C19H16Cl2F3N5O2S. The van der Waals surface area contributed by atoms with E-state index in [-0.39, 0.29) is 41.0 Å². The van der Waals surface area contributed by atoms with Crippen molar-refractivity contribution in [1.82, 2.24) is 20.5 Å². The molecule has 3 heterocycles. The normalized spacial score (nSPS) is 13.1. The number of ether oxygens (including phenoxy) is 1. The van der Waals surface area contributed by atoms with E-state index in [0.717, 1.165) is 42.5 Å². The van der Waals surface area contributed by atoms with Crippen LogP contribution in [-0.4, -0.2) is 27.6 Å². The molecule has 7 nitrogen and oxygen atoms in total. The van der Waals surface area contributed by atoms with E-state index in [9.17, 15) is 18.0 Å².